The molecule has 0 saturated carbocycles. The van der Waals surface area contributed by atoms with E-state index >= 15 is 0 Å². The van der Waals surface area contributed by atoms with Crippen LogP contribution in [0.25, 0.3) is 11.4 Å². The number of rotatable bonds is 4. The zero-order valence-electron chi connectivity index (χ0n) is 17.3. The average Bonchev–Trinajstić information content (AvgIpc) is 3.34. The molecule has 1 fully saturated rings. The van der Waals surface area contributed by atoms with Gasteiger partial charge in [-0.25, -0.2) is 9.97 Å². The Morgan fingerprint density at radius 2 is 2.00 bits per heavy atom. The van der Waals surface area contributed by atoms with Crippen LogP contribution in [0, 0.1) is 0 Å². The molecule has 0 N–H and O–H groups in total. The summed E-state index contributed by atoms with van der Waals surface area (Å²) in [5.41, 5.74) is 3.84. The van der Waals surface area contributed by atoms with E-state index in [4.69, 9.17) is 4.98 Å². The number of aromatic nitrogens is 5. The molecule has 2 aromatic heterocycles. The standard InChI is InChI=1S/C23H28N6/c1-17(2)29-16-25-27-20(29)14-28-12-6-10-23(15-28)11-9-19-13-24-22(26-21(19)23)18-7-4-3-5-8-18/h3-5,7-8,13,16-17H,6,9-12,14-15H2,1-2H3. The lowest BCUT2D eigenvalue weighted by molar-refractivity contribution is 0.132. The molecule has 1 saturated heterocycles. The molecule has 6 nitrogen and oxygen atoms in total. The summed E-state index contributed by atoms with van der Waals surface area (Å²) in [5.74, 6) is 1.91. The fraction of sp³-hybridized carbons (Fsp3) is 0.478. The predicted octanol–water partition coefficient (Wildman–Crippen LogP) is 3.80. The molecule has 1 spiro atoms. The monoisotopic (exact) mass is 388 g/mol. The summed E-state index contributed by atoms with van der Waals surface area (Å²) in [7, 11) is 0. The van der Waals surface area contributed by atoms with Crippen molar-refractivity contribution in [3.8, 4) is 11.4 Å². The Kier molecular flexibility index (Phi) is 4.66. The Morgan fingerprint density at radius 3 is 2.83 bits per heavy atom. The molecule has 0 amide bonds. The molecular weight excluding hydrogens is 360 g/mol. The SMILES string of the molecule is CC(C)n1cnnc1CN1CCCC2(CCc3cnc(-c4ccccc4)nc32)C1. The van der Waals surface area contributed by atoms with Crippen LogP contribution in [0.3, 0.4) is 0 Å². The second-order valence-corrected chi connectivity index (χ2v) is 8.78. The minimum Gasteiger partial charge on any atom is -0.314 e. The highest BCUT2D eigenvalue weighted by Crippen LogP contribution is 2.44. The summed E-state index contributed by atoms with van der Waals surface area (Å²) < 4.78 is 2.18. The van der Waals surface area contributed by atoms with Gasteiger partial charge in [0.1, 0.15) is 12.2 Å². The van der Waals surface area contributed by atoms with Gasteiger partial charge in [-0.1, -0.05) is 30.3 Å². The van der Waals surface area contributed by atoms with Crippen molar-refractivity contribution in [3.63, 3.8) is 0 Å². The molecule has 0 bridgehead atoms. The number of hydrogen-bond acceptors (Lipinski definition) is 5. The Bertz CT molecular complexity index is 992. The summed E-state index contributed by atoms with van der Waals surface area (Å²) in [6.07, 6.45) is 8.57. The summed E-state index contributed by atoms with van der Waals surface area (Å²) >= 11 is 0. The molecule has 3 heterocycles. The van der Waals surface area contributed by atoms with Crippen LogP contribution in [0.4, 0.5) is 0 Å². The van der Waals surface area contributed by atoms with E-state index in [1.54, 1.807) is 0 Å². The van der Waals surface area contributed by atoms with Gasteiger partial charge in [0.15, 0.2) is 5.82 Å². The zero-order chi connectivity index (χ0) is 19.8. The molecule has 29 heavy (non-hydrogen) atoms. The minimum atomic E-state index is 0.142. The highest BCUT2D eigenvalue weighted by atomic mass is 15.3. The van der Waals surface area contributed by atoms with E-state index in [1.807, 2.05) is 12.4 Å². The third-order valence-corrected chi connectivity index (χ3v) is 6.50. The zero-order valence-corrected chi connectivity index (χ0v) is 17.3. The third-order valence-electron chi connectivity index (χ3n) is 6.50. The van der Waals surface area contributed by atoms with E-state index < -0.39 is 0 Å². The lowest BCUT2D eigenvalue weighted by Gasteiger charge is -2.40. The van der Waals surface area contributed by atoms with Crippen molar-refractivity contribution >= 4 is 0 Å². The van der Waals surface area contributed by atoms with Crippen molar-refractivity contribution in [2.24, 2.45) is 0 Å². The van der Waals surface area contributed by atoms with Crippen molar-refractivity contribution in [1.29, 1.82) is 0 Å². The molecule has 150 valence electrons. The number of fused-ring (bicyclic) bond motifs is 2. The molecule has 1 atom stereocenters. The quantitative estimate of drug-likeness (QED) is 0.680. The number of likely N-dealkylation sites (tertiary alicyclic amines) is 1. The van der Waals surface area contributed by atoms with E-state index in [9.17, 15) is 0 Å². The lowest BCUT2D eigenvalue weighted by atomic mass is 9.77. The first-order valence-electron chi connectivity index (χ1n) is 10.7. The first-order valence-corrected chi connectivity index (χ1v) is 10.7. The average molecular weight is 389 g/mol. The minimum absolute atomic E-state index is 0.142. The highest BCUT2D eigenvalue weighted by molar-refractivity contribution is 5.55. The van der Waals surface area contributed by atoms with Crippen molar-refractivity contribution < 1.29 is 0 Å². The maximum Gasteiger partial charge on any atom is 0.159 e. The van der Waals surface area contributed by atoms with Gasteiger partial charge < -0.3 is 4.57 Å². The number of hydrogen-bond donors (Lipinski definition) is 0. The molecule has 1 aromatic carbocycles. The van der Waals surface area contributed by atoms with Gasteiger partial charge in [-0.15, -0.1) is 10.2 Å². The van der Waals surface area contributed by atoms with E-state index in [-0.39, 0.29) is 5.41 Å². The Hall–Kier alpha value is -2.60. The van der Waals surface area contributed by atoms with E-state index in [2.05, 4.69) is 69.0 Å². The fourth-order valence-corrected chi connectivity index (χ4v) is 5.04. The van der Waals surface area contributed by atoms with Crippen molar-refractivity contribution in [2.45, 2.75) is 57.5 Å². The fourth-order valence-electron chi connectivity index (χ4n) is 5.04. The van der Waals surface area contributed by atoms with Gasteiger partial charge >= 0.3 is 0 Å². The van der Waals surface area contributed by atoms with E-state index in [1.165, 1.54) is 30.5 Å². The summed E-state index contributed by atoms with van der Waals surface area (Å²) in [6, 6.07) is 10.7. The van der Waals surface area contributed by atoms with Gasteiger partial charge in [-0.3, -0.25) is 4.90 Å². The maximum absolute atomic E-state index is 5.11. The maximum atomic E-state index is 5.11. The lowest BCUT2D eigenvalue weighted by Crippen LogP contribution is -2.45. The predicted molar refractivity (Wildman–Crippen MR) is 112 cm³/mol. The van der Waals surface area contributed by atoms with Crippen LogP contribution in [-0.2, 0) is 18.4 Å². The van der Waals surface area contributed by atoms with Crippen molar-refractivity contribution in [3.05, 3.63) is 59.9 Å². The van der Waals surface area contributed by atoms with Crippen LogP contribution in [0.5, 0.6) is 0 Å². The Morgan fingerprint density at radius 1 is 1.14 bits per heavy atom. The Balaban J connectivity index is 1.43. The largest absolute Gasteiger partial charge is 0.314 e. The first-order chi connectivity index (χ1) is 14.1. The van der Waals surface area contributed by atoms with Gasteiger partial charge in [0.25, 0.3) is 0 Å². The van der Waals surface area contributed by atoms with Gasteiger partial charge in [0, 0.05) is 29.8 Å². The van der Waals surface area contributed by atoms with Crippen LogP contribution in [0.1, 0.15) is 56.2 Å². The number of nitrogens with zero attached hydrogens (tertiary/aromatic N) is 6. The van der Waals surface area contributed by atoms with E-state index in [0.29, 0.717) is 6.04 Å². The molecule has 6 heteroatoms. The molecule has 0 radical (unpaired) electrons. The Labute approximate surface area is 172 Å². The van der Waals surface area contributed by atoms with Crippen molar-refractivity contribution in [1.82, 2.24) is 29.6 Å². The topological polar surface area (TPSA) is 59.7 Å². The second-order valence-electron chi connectivity index (χ2n) is 8.78. The molecule has 2 aliphatic rings. The van der Waals surface area contributed by atoms with Crippen molar-refractivity contribution in [2.75, 3.05) is 13.1 Å². The van der Waals surface area contributed by atoms with Crippen LogP contribution < -0.4 is 0 Å². The van der Waals surface area contributed by atoms with E-state index in [0.717, 1.165) is 43.3 Å². The smallest absolute Gasteiger partial charge is 0.159 e. The molecule has 5 rings (SSSR count). The van der Waals surface area contributed by atoms with Gasteiger partial charge in [-0.05, 0) is 51.6 Å². The van der Waals surface area contributed by atoms with Gasteiger partial charge in [-0.2, -0.15) is 0 Å². The second kappa shape index (κ2) is 7.34. The number of piperidine rings is 1. The normalized spacial score (nSPS) is 21.8. The van der Waals surface area contributed by atoms with Crippen LogP contribution >= 0.6 is 0 Å². The summed E-state index contributed by atoms with van der Waals surface area (Å²) in [4.78, 5) is 12.3. The number of benzene rings is 1. The molecule has 3 aromatic rings. The molecule has 1 aliphatic heterocycles. The molecular formula is C23H28N6. The number of aryl methyl sites for hydroxylation is 1. The summed E-state index contributed by atoms with van der Waals surface area (Å²) in [5, 5.41) is 8.54. The van der Waals surface area contributed by atoms with Crippen LogP contribution in [0.15, 0.2) is 42.9 Å². The highest BCUT2D eigenvalue weighted by Gasteiger charge is 2.43. The molecule has 1 unspecified atom stereocenters. The first kappa shape index (κ1) is 18.4. The van der Waals surface area contributed by atoms with Gasteiger partial charge in [0.2, 0.25) is 0 Å². The summed E-state index contributed by atoms with van der Waals surface area (Å²) in [6.45, 7) is 7.36. The third kappa shape index (κ3) is 3.35. The van der Waals surface area contributed by atoms with Crippen LogP contribution in [0.2, 0.25) is 0 Å². The molecule has 1 aliphatic carbocycles. The van der Waals surface area contributed by atoms with Gasteiger partial charge in [0.05, 0.1) is 12.2 Å². The van der Waals surface area contributed by atoms with Crippen LogP contribution in [-0.4, -0.2) is 42.7 Å².